The van der Waals surface area contributed by atoms with Gasteiger partial charge in [0.15, 0.2) is 0 Å². The molecule has 0 saturated heterocycles. The maximum atomic E-state index is 6.02. The molecule has 0 atom stereocenters. The molecular weight excluding hydrogens is 248 g/mol. The summed E-state index contributed by atoms with van der Waals surface area (Å²) in [4.78, 5) is 10.7. The second-order valence-corrected chi connectivity index (χ2v) is 4.77. The topological polar surface area (TPSA) is 55.0 Å². The van der Waals surface area contributed by atoms with Gasteiger partial charge in [0, 0.05) is 47.8 Å². The van der Waals surface area contributed by atoms with E-state index in [1.165, 1.54) is 0 Å². The molecule has 2 N–H and O–H groups in total. The molecule has 3 aromatic rings. The minimum Gasteiger partial charge on any atom is -0.398 e. The zero-order valence-electron chi connectivity index (χ0n) is 11.3. The molecule has 0 fully saturated rings. The Labute approximate surface area is 117 Å². The van der Waals surface area contributed by atoms with Gasteiger partial charge in [0.1, 0.15) is 0 Å². The van der Waals surface area contributed by atoms with Gasteiger partial charge in [0.05, 0.1) is 12.2 Å². The van der Waals surface area contributed by atoms with Gasteiger partial charge in [-0.3, -0.25) is 9.97 Å². The van der Waals surface area contributed by atoms with Gasteiger partial charge in [-0.2, -0.15) is 0 Å². The molecule has 0 aliphatic carbocycles. The lowest BCUT2D eigenvalue weighted by Gasteiger charge is -2.21. The van der Waals surface area contributed by atoms with E-state index in [-0.39, 0.29) is 0 Å². The van der Waals surface area contributed by atoms with Gasteiger partial charge in [-0.05, 0) is 30.3 Å². The number of rotatable bonds is 3. The van der Waals surface area contributed by atoms with Gasteiger partial charge in [-0.25, -0.2) is 0 Å². The second kappa shape index (κ2) is 5.17. The van der Waals surface area contributed by atoms with Crippen LogP contribution in [0.5, 0.6) is 0 Å². The van der Waals surface area contributed by atoms with E-state index in [0.29, 0.717) is 0 Å². The Morgan fingerprint density at radius 1 is 1.05 bits per heavy atom. The van der Waals surface area contributed by atoms with E-state index in [4.69, 9.17) is 5.73 Å². The minimum absolute atomic E-state index is 0.745. The fourth-order valence-corrected chi connectivity index (χ4v) is 2.35. The third-order valence-electron chi connectivity index (χ3n) is 3.37. The summed E-state index contributed by atoms with van der Waals surface area (Å²) in [5.41, 5.74) is 8.93. The van der Waals surface area contributed by atoms with Crippen LogP contribution in [0.2, 0.25) is 0 Å². The fraction of sp³-hybridized carbons (Fsp3) is 0.125. The number of fused-ring (bicyclic) bond motifs is 1. The van der Waals surface area contributed by atoms with Crippen molar-refractivity contribution in [1.82, 2.24) is 9.97 Å². The van der Waals surface area contributed by atoms with Crippen molar-refractivity contribution in [3.63, 3.8) is 0 Å². The average molecular weight is 264 g/mol. The van der Waals surface area contributed by atoms with Crippen molar-refractivity contribution in [1.29, 1.82) is 0 Å². The lowest BCUT2D eigenvalue weighted by molar-refractivity contribution is 0.889. The normalized spacial score (nSPS) is 10.7. The molecule has 0 amide bonds. The molecule has 1 aromatic carbocycles. The predicted molar refractivity (Wildman–Crippen MR) is 82.5 cm³/mol. The maximum absolute atomic E-state index is 6.02. The van der Waals surface area contributed by atoms with E-state index >= 15 is 0 Å². The Morgan fingerprint density at radius 3 is 2.75 bits per heavy atom. The lowest BCUT2D eigenvalue weighted by atomic mass is 10.1. The number of hydrogen-bond donors (Lipinski definition) is 1. The predicted octanol–water partition coefficient (Wildman–Crippen LogP) is 2.85. The van der Waals surface area contributed by atoms with E-state index in [2.05, 4.69) is 14.9 Å². The highest BCUT2D eigenvalue weighted by Crippen LogP contribution is 2.30. The molecule has 4 nitrogen and oxygen atoms in total. The number of aromatic nitrogens is 2. The number of anilines is 2. The molecule has 0 spiro atoms. The van der Waals surface area contributed by atoms with Crippen LogP contribution < -0.4 is 10.6 Å². The molecule has 0 unspecified atom stereocenters. The van der Waals surface area contributed by atoms with Crippen LogP contribution >= 0.6 is 0 Å². The molecule has 100 valence electrons. The van der Waals surface area contributed by atoms with Crippen LogP contribution in [0.4, 0.5) is 11.4 Å². The smallest absolute Gasteiger partial charge is 0.0599 e. The van der Waals surface area contributed by atoms with E-state index in [0.717, 1.165) is 34.4 Å². The van der Waals surface area contributed by atoms with Gasteiger partial charge in [0.25, 0.3) is 0 Å². The highest BCUT2D eigenvalue weighted by Gasteiger charge is 2.09. The van der Waals surface area contributed by atoms with Crippen LogP contribution in [0, 0.1) is 0 Å². The van der Waals surface area contributed by atoms with Gasteiger partial charge in [-0.15, -0.1) is 0 Å². The van der Waals surface area contributed by atoms with Crippen LogP contribution in [-0.4, -0.2) is 17.0 Å². The van der Waals surface area contributed by atoms with Crippen molar-refractivity contribution in [3.05, 3.63) is 60.7 Å². The van der Waals surface area contributed by atoms with Crippen LogP contribution in [0.3, 0.4) is 0 Å². The third kappa shape index (κ3) is 2.28. The van der Waals surface area contributed by atoms with E-state index in [1.807, 2.05) is 55.8 Å². The zero-order valence-corrected chi connectivity index (χ0v) is 11.3. The Balaban J connectivity index is 2.00. The maximum Gasteiger partial charge on any atom is 0.0599 e. The number of benzene rings is 1. The largest absolute Gasteiger partial charge is 0.398 e. The van der Waals surface area contributed by atoms with E-state index < -0.39 is 0 Å². The van der Waals surface area contributed by atoms with E-state index in [1.54, 1.807) is 6.20 Å². The Hall–Kier alpha value is -2.62. The van der Waals surface area contributed by atoms with Crippen molar-refractivity contribution < 1.29 is 0 Å². The highest BCUT2D eigenvalue weighted by atomic mass is 15.1. The summed E-state index contributed by atoms with van der Waals surface area (Å²) in [6.07, 6.45) is 5.43. The van der Waals surface area contributed by atoms with E-state index in [9.17, 15) is 0 Å². The van der Waals surface area contributed by atoms with Crippen molar-refractivity contribution in [2.45, 2.75) is 6.54 Å². The molecule has 2 heterocycles. The third-order valence-corrected chi connectivity index (χ3v) is 3.37. The number of nitrogen functional groups attached to an aromatic ring is 1. The van der Waals surface area contributed by atoms with Crippen LogP contribution in [0.1, 0.15) is 5.69 Å². The van der Waals surface area contributed by atoms with Crippen molar-refractivity contribution in [3.8, 4) is 0 Å². The minimum atomic E-state index is 0.745. The quantitative estimate of drug-likeness (QED) is 0.739. The Kier molecular flexibility index (Phi) is 3.21. The standard InChI is InChI=1S/C16H16N4/c1-20(11-12-4-2-3-8-19-12)16-6-5-15(17)13-7-9-18-10-14(13)16/h2-10H,11,17H2,1H3. The summed E-state index contributed by atoms with van der Waals surface area (Å²) in [6.45, 7) is 0.745. The molecule has 3 rings (SSSR count). The summed E-state index contributed by atoms with van der Waals surface area (Å²) in [5.74, 6) is 0. The van der Waals surface area contributed by atoms with Crippen molar-refractivity contribution in [2.24, 2.45) is 0 Å². The molecule has 2 aromatic heterocycles. The molecule has 0 aliphatic rings. The number of nitrogens with zero attached hydrogens (tertiary/aromatic N) is 3. The lowest BCUT2D eigenvalue weighted by Crippen LogP contribution is -2.17. The first kappa shape index (κ1) is 12.4. The van der Waals surface area contributed by atoms with Gasteiger partial charge in [-0.1, -0.05) is 6.07 Å². The summed E-state index contributed by atoms with van der Waals surface area (Å²) in [6, 6.07) is 11.9. The van der Waals surface area contributed by atoms with Crippen molar-refractivity contribution >= 4 is 22.1 Å². The number of nitrogens with two attached hydrogens (primary N) is 1. The first-order valence-electron chi connectivity index (χ1n) is 6.49. The van der Waals surface area contributed by atoms with Crippen LogP contribution in [0.15, 0.2) is 55.0 Å². The average Bonchev–Trinajstić information content (AvgIpc) is 2.49. The van der Waals surface area contributed by atoms with Crippen LogP contribution in [-0.2, 0) is 6.54 Å². The second-order valence-electron chi connectivity index (χ2n) is 4.77. The Morgan fingerprint density at radius 2 is 1.95 bits per heavy atom. The monoisotopic (exact) mass is 264 g/mol. The zero-order chi connectivity index (χ0) is 13.9. The molecule has 0 aliphatic heterocycles. The fourth-order valence-electron chi connectivity index (χ4n) is 2.35. The highest BCUT2D eigenvalue weighted by molar-refractivity contribution is 6.00. The number of pyridine rings is 2. The molecule has 0 bridgehead atoms. The summed E-state index contributed by atoms with van der Waals surface area (Å²) < 4.78 is 0. The molecule has 0 radical (unpaired) electrons. The van der Waals surface area contributed by atoms with Crippen molar-refractivity contribution in [2.75, 3.05) is 17.7 Å². The SMILES string of the molecule is CN(Cc1ccccn1)c1ccc(N)c2ccncc12. The molecule has 20 heavy (non-hydrogen) atoms. The van der Waals surface area contributed by atoms with Gasteiger partial charge < -0.3 is 10.6 Å². The summed E-state index contributed by atoms with van der Waals surface area (Å²) >= 11 is 0. The Bertz CT molecular complexity index is 725. The van der Waals surface area contributed by atoms with Gasteiger partial charge in [0.2, 0.25) is 0 Å². The van der Waals surface area contributed by atoms with Gasteiger partial charge >= 0.3 is 0 Å². The first-order valence-corrected chi connectivity index (χ1v) is 6.49. The first-order chi connectivity index (χ1) is 9.75. The molecule has 4 heteroatoms. The van der Waals surface area contributed by atoms with Crippen LogP contribution in [0.25, 0.3) is 10.8 Å². The molecular formula is C16H16N4. The summed E-state index contributed by atoms with van der Waals surface area (Å²) in [5, 5.41) is 2.09. The molecule has 0 saturated carbocycles. The number of hydrogen-bond acceptors (Lipinski definition) is 4. The summed E-state index contributed by atoms with van der Waals surface area (Å²) in [7, 11) is 2.05.